The van der Waals surface area contributed by atoms with Crippen LogP contribution < -0.4 is 5.43 Å². The molecule has 39 heavy (non-hydrogen) atoms. The summed E-state index contributed by atoms with van der Waals surface area (Å²) in [6.45, 7) is 5.39. The number of allylic oxidation sites excluding steroid dienone is 1. The second-order valence-electron chi connectivity index (χ2n) is 10.8. The van der Waals surface area contributed by atoms with Crippen molar-refractivity contribution in [2.24, 2.45) is 15.9 Å². The molecule has 0 radical (unpaired) electrons. The molecule has 4 rings (SSSR count). The highest BCUT2D eigenvalue weighted by atomic mass is 32.2. The molecule has 0 aromatic heterocycles. The number of benzene rings is 1. The molecule has 2 saturated heterocycles. The summed E-state index contributed by atoms with van der Waals surface area (Å²) in [5.74, 6) is -1.43. The minimum atomic E-state index is -3.61. The van der Waals surface area contributed by atoms with Crippen molar-refractivity contribution in [3.8, 4) is 6.07 Å². The third-order valence-electron chi connectivity index (χ3n) is 6.59. The van der Waals surface area contributed by atoms with Gasteiger partial charge in [-0.25, -0.2) is 27.5 Å². The minimum absolute atomic E-state index is 0.0389. The number of rotatable bonds is 6. The predicted octanol–water partition coefficient (Wildman–Crippen LogP) is 2.07. The molecule has 3 aliphatic heterocycles. The molecule has 1 aromatic rings. The average Bonchev–Trinajstić information content (AvgIpc) is 3.24. The van der Waals surface area contributed by atoms with Crippen LogP contribution in [-0.4, -0.2) is 79.6 Å². The van der Waals surface area contributed by atoms with E-state index in [-0.39, 0.29) is 23.8 Å². The van der Waals surface area contributed by atoms with Crippen LogP contribution in [0.3, 0.4) is 0 Å². The molecule has 12 nitrogen and oxygen atoms in total. The summed E-state index contributed by atoms with van der Waals surface area (Å²) in [6.07, 6.45) is 3.12. The number of hydrogen-bond acceptors (Lipinski definition) is 9. The van der Waals surface area contributed by atoms with Crippen molar-refractivity contribution >= 4 is 39.6 Å². The van der Waals surface area contributed by atoms with E-state index in [2.05, 4.69) is 21.5 Å². The lowest BCUT2D eigenvalue weighted by molar-refractivity contribution is -0.178. The number of ether oxygens (including phenoxy) is 2. The number of fused-ring (bicyclic) bond motifs is 1. The van der Waals surface area contributed by atoms with Gasteiger partial charge in [-0.1, -0.05) is 0 Å². The first-order chi connectivity index (χ1) is 18.3. The van der Waals surface area contributed by atoms with Gasteiger partial charge in [-0.15, -0.1) is 0 Å². The number of nitrogens with zero attached hydrogens (tertiary/aromatic N) is 5. The molecule has 3 aliphatic rings. The monoisotopic (exact) mass is 556 g/mol. The van der Waals surface area contributed by atoms with E-state index in [1.54, 1.807) is 44.0 Å². The van der Waals surface area contributed by atoms with Gasteiger partial charge in [0.1, 0.15) is 17.4 Å². The first-order valence-electron chi connectivity index (χ1n) is 12.4. The first kappa shape index (κ1) is 28.4. The number of nitrogens with one attached hydrogen (secondary N) is 1. The molecule has 1 unspecified atom stereocenters. The number of esters is 1. The molecule has 1 N–H and O–H groups in total. The Labute approximate surface area is 228 Å². The van der Waals surface area contributed by atoms with Crippen molar-refractivity contribution in [1.29, 1.82) is 5.26 Å². The molecule has 0 saturated carbocycles. The Bertz CT molecular complexity index is 1380. The van der Waals surface area contributed by atoms with Crippen molar-refractivity contribution in [1.82, 2.24) is 14.7 Å². The quantitative estimate of drug-likeness (QED) is 0.519. The molecule has 0 spiro atoms. The summed E-state index contributed by atoms with van der Waals surface area (Å²) in [5.41, 5.74) is 2.65. The van der Waals surface area contributed by atoms with Crippen LogP contribution >= 0.6 is 0 Å². The van der Waals surface area contributed by atoms with Crippen molar-refractivity contribution < 1.29 is 27.5 Å². The lowest BCUT2D eigenvalue weighted by Crippen LogP contribution is -2.58. The summed E-state index contributed by atoms with van der Waals surface area (Å²) < 4.78 is 37.3. The topological polar surface area (TPSA) is 154 Å². The van der Waals surface area contributed by atoms with E-state index in [0.717, 1.165) is 4.31 Å². The fraction of sp³-hybridized carbons (Fsp3) is 0.500. The van der Waals surface area contributed by atoms with E-state index in [4.69, 9.17) is 9.47 Å². The van der Waals surface area contributed by atoms with Crippen LogP contribution in [-0.2, 0) is 29.1 Å². The van der Waals surface area contributed by atoms with Gasteiger partial charge in [0, 0.05) is 20.3 Å². The van der Waals surface area contributed by atoms with Crippen LogP contribution in [0, 0.1) is 17.2 Å². The second-order valence-corrected chi connectivity index (χ2v) is 12.9. The SMILES string of the molecule is CN(C)S(=O)(=O)c1ccc(N=C2NN([C@]3(CC#N)CC[C@@H](C(=O)OC(C)(C)C)OC3)C3=CC=NC(=O)C32)cc1. The maximum atomic E-state index is 12.9. The molecule has 2 fully saturated rings. The number of aliphatic imine (C=N–C) groups is 2. The molecule has 13 heteroatoms. The predicted molar refractivity (Wildman–Crippen MR) is 142 cm³/mol. The first-order valence-corrected chi connectivity index (χ1v) is 13.9. The van der Waals surface area contributed by atoms with E-state index in [1.807, 2.05) is 0 Å². The maximum Gasteiger partial charge on any atom is 0.335 e. The molecule has 1 amide bonds. The van der Waals surface area contributed by atoms with Gasteiger partial charge in [0.25, 0.3) is 5.91 Å². The van der Waals surface area contributed by atoms with E-state index in [1.165, 1.54) is 32.4 Å². The third kappa shape index (κ3) is 5.73. The average molecular weight is 557 g/mol. The van der Waals surface area contributed by atoms with Gasteiger partial charge in [-0.3, -0.25) is 15.2 Å². The highest BCUT2D eigenvalue weighted by Gasteiger charge is 2.51. The van der Waals surface area contributed by atoms with Crippen molar-refractivity contribution in [2.45, 2.75) is 62.2 Å². The fourth-order valence-electron chi connectivity index (χ4n) is 4.62. The van der Waals surface area contributed by atoms with E-state index < -0.39 is 45.1 Å². The van der Waals surface area contributed by atoms with E-state index in [0.29, 0.717) is 24.2 Å². The highest BCUT2D eigenvalue weighted by molar-refractivity contribution is 7.89. The summed E-state index contributed by atoms with van der Waals surface area (Å²) >= 11 is 0. The number of dihydropyridines is 1. The number of sulfonamides is 1. The fourth-order valence-corrected chi connectivity index (χ4v) is 5.52. The summed E-state index contributed by atoms with van der Waals surface area (Å²) in [4.78, 5) is 34.1. The second kappa shape index (κ2) is 10.5. The van der Waals surface area contributed by atoms with Gasteiger partial charge in [0.15, 0.2) is 6.10 Å². The number of amidine groups is 1. The molecule has 1 aromatic carbocycles. The third-order valence-corrected chi connectivity index (χ3v) is 8.42. The van der Waals surface area contributed by atoms with Crippen LogP contribution in [0.1, 0.15) is 40.0 Å². The zero-order valence-corrected chi connectivity index (χ0v) is 23.4. The molecule has 0 bridgehead atoms. The van der Waals surface area contributed by atoms with Crippen molar-refractivity contribution in [3.63, 3.8) is 0 Å². The molecule has 0 aliphatic carbocycles. The smallest absolute Gasteiger partial charge is 0.335 e. The summed E-state index contributed by atoms with van der Waals surface area (Å²) in [6, 6.07) is 8.21. The van der Waals surface area contributed by atoms with Gasteiger partial charge in [0.05, 0.1) is 40.9 Å². The van der Waals surface area contributed by atoms with Crippen LogP contribution in [0.5, 0.6) is 0 Å². The Morgan fingerprint density at radius 3 is 2.59 bits per heavy atom. The van der Waals surface area contributed by atoms with Gasteiger partial charge in [-0.05, 0) is 64.0 Å². The van der Waals surface area contributed by atoms with Crippen LogP contribution in [0.4, 0.5) is 5.69 Å². The summed E-state index contributed by atoms with van der Waals surface area (Å²) in [5, 5.41) is 11.4. The van der Waals surface area contributed by atoms with Gasteiger partial charge < -0.3 is 9.47 Å². The molecular weight excluding hydrogens is 524 g/mol. The number of amides is 1. The normalized spacial score (nSPS) is 26.2. The number of nitriles is 1. The van der Waals surface area contributed by atoms with Crippen LogP contribution in [0.2, 0.25) is 0 Å². The van der Waals surface area contributed by atoms with E-state index >= 15 is 0 Å². The highest BCUT2D eigenvalue weighted by Crippen LogP contribution is 2.40. The van der Waals surface area contributed by atoms with Crippen LogP contribution in [0.25, 0.3) is 0 Å². The van der Waals surface area contributed by atoms with Gasteiger partial charge in [-0.2, -0.15) is 5.26 Å². The largest absolute Gasteiger partial charge is 0.458 e. The van der Waals surface area contributed by atoms with Gasteiger partial charge >= 0.3 is 5.97 Å². The van der Waals surface area contributed by atoms with E-state index in [9.17, 15) is 23.3 Å². The zero-order chi connectivity index (χ0) is 28.6. The summed E-state index contributed by atoms with van der Waals surface area (Å²) in [7, 11) is -0.707. The van der Waals surface area contributed by atoms with Crippen molar-refractivity contribution in [2.75, 3.05) is 20.7 Å². The molecule has 3 atom stereocenters. The Morgan fingerprint density at radius 2 is 2.03 bits per heavy atom. The number of hydrogen-bond donors (Lipinski definition) is 1. The Balaban J connectivity index is 1.62. The molecule has 3 heterocycles. The van der Waals surface area contributed by atoms with Gasteiger partial charge in [0.2, 0.25) is 10.0 Å². The maximum absolute atomic E-state index is 12.9. The Kier molecular flexibility index (Phi) is 7.66. The molecular formula is C26H32N6O6S. The van der Waals surface area contributed by atoms with Crippen molar-refractivity contribution in [3.05, 3.63) is 36.0 Å². The number of carbonyl (C=O) groups excluding carboxylic acids is 2. The standard InChI is InChI=1S/C26H32N6O6S/c1-25(2,3)38-24(34)20-10-12-26(13-14-27,16-37-20)32-19-11-15-28-23(33)21(19)22(30-32)29-17-6-8-18(9-7-17)39(35,36)31(4)5/h6-9,11,15,20-21H,10,12-13,16H2,1-5H3,(H,29,30)/t20-,21?,26-/m0/s1. The number of carbonyl (C=O) groups is 2. The lowest BCUT2D eigenvalue weighted by atomic mass is 9.85. The Morgan fingerprint density at radius 1 is 1.33 bits per heavy atom. The molecule has 208 valence electrons. The number of hydrazine groups is 1. The zero-order valence-electron chi connectivity index (χ0n) is 22.5. The Hall–Kier alpha value is -3.60. The van der Waals surface area contributed by atoms with Crippen LogP contribution in [0.15, 0.2) is 50.9 Å². The lowest BCUT2D eigenvalue weighted by Gasteiger charge is -2.45. The minimum Gasteiger partial charge on any atom is -0.458 e.